The fourth-order valence-electron chi connectivity index (χ4n) is 2.28. The molecule has 2 aromatic heterocycles. The number of fused-ring (bicyclic) bond motifs is 1. The highest BCUT2D eigenvalue weighted by atomic mass is 32.1. The third kappa shape index (κ3) is 2.12. The molecule has 2 heterocycles. The highest BCUT2D eigenvalue weighted by Gasteiger charge is 2.11. The van der Waals surface area contributed by atoms with Crippen molar-refractivity contribution in [3.63, 3.8) is 0 Å². The monoisotopic (exact) mass is 286 g/mol. The normalized spacial score (nSPS) is 10.9. The zero-order valence-electron chi connectivity index (χ0n) is 11.5. The summed E-state index contributed by atoms with van der Waals surface area (Å²) in [6.45, 7) is 3.96. The molecule has 3 nitrogen and oxygen atoms in total. The van der Waals surface area contributed by atoms with E-state index in [4.69, 9.17) is 25.8 Å². The topological polar surface area (TPSA) is 35.5 Å². The summed E-state index contributed by atoms with van der Waals surface area (Å²) in [5, 5.41) is 0.864. The van der Waals surface area contributed by atoms with Crippen LogP contribution in [0.1, 0.15) is 11.1 Å². The second-order valence-electron chi connectivity index (χ2n) is 4.79. The lowest BCUT2D eigenvalue weighted by atomic mass is 10.1. The molecular weight excluding hydrogens is 272 g/mol. The molecule has 0 N–H and O–H groups in total. The van der Waals surface area contributed by atoms with Crippen LogP contribution in [0, 0.1) is 18.6 Å². The van der Waals surface area contributed by atoms with Gasteiger partial charge < -0.3 is 13.6 Å². The van der Waals surface area contributed by atoms with Gasteiger partial charge in [-0.3, -0.25) is 0 Å². The molecule has 0 fully saturated rings. The van der Waals surface area contributed by atoms with E-state index in [1.54, 1.807) is 13.4 Å². The first-order chi connectivity index (χ1) is 9.58. The number of methoxy groups -OCH3 is 1. The van der Waals surface area contributed by atoms with Gasteiger partial charge in [-0.15, -0.1) is 0 Å². The van der Waals surface area contributed by atoms with Gasteiger partial charge in [0.05, 0.1) is 18.8 Å². The van der Waals surface area contributed by atoms with Crippen molar-refractivity contribution in [1.29, 1.82) is 0 Å². The predicted octanol–water partition coefficient (Wildman–Crippen LogP) is 5.05. The van der Waals surface area contributed by atoms with Crippen LogP contribution < -0.4 is 4.74 Å². The molecule has 1 aromatic carbocycles. The first kappa shape index (κ1) is 12.9. The molecule has 102 valence electrons. The summed E-state index contributed by atoms with van der Waals surface area (Å²) in [6, 6.07) is 7.78. The van der Waals surface area contributed by atoms with Gasteiger partial charge in [0.25, 0.3) is 0 Å². The van der Waals surface area contributed by atoms with E-state index in [2.05, 4.69) is 0 Å². The minimum atomic E-state index is 0.448. The van der Waals surface area contributed by atoms with Crippen LogP contribution >= 0.6 is 12.2 Å². The lowest BCUT2D eigenvalue weighted by Crippen LogP contribution is -1.86. The fourth-order valence-corrected chi connectivity index (χ4v) is 2.63. The Morgan fingerprint density at radius 1 is 1.10 bits per heavy atom. The Morgan fingerprint density at radius 3 is 2.65 bits per heavy atom. The van der Waals surface area contributed by atoms with E-state index in [-0.39, 0.29) is 0 Å². The average Bonchev–Trinajstić information content (AvgIpc) is 2.80. The maximum Gasteiger partial charge on any atom is 0.202 e. The van der Waals surface area contributed by atoms with Crippen molar-refractivity contribution < 1.29 is 13.6 Å². The van der Waals surface area contributed by atoms with Crippen molar-refractivity contribution in [1.82, 2.24) is 0 Å². The standard InChI is InChI=1S/C16H14O3S/c1-9-4-11(6-12(5-9)17-3)13-7-14-15(16(20)19-13)10(2)8-18-14/h4-8H,1-3H3. The van der Waals surface area contributed by atoms with E-state index >= 15 is 0 Å². The maximum absolute atomic E-state index is 5.77. The summed E-state index contributed by atoms with van der Waals surface area (Å²) >= 11 is 5.32. The van der Waals surface area contributed by atoms with Gasteiger partial charge >= 0.3 is 0 Å². The minimum Gasteiger partial charge on any atom is -0.497 e. The first-order valence-electron chi connectivity index (χ1n) is 6.26. The molecule has 0 aliphatic rings. The van der Waals surface area contributed by atoms with Crippen LogP contribution in [-0.2, 0) is 0 Å². The third-order valence-corrected chi connectivity index (χ3v) is 3.53. The Morgan fingerprint density at radius 2 is 1.90 bits per heavy atom. The Labute approximate surface area is 121 Å². The van der Waals surface area contributed by atoms with Crippen molar-refractivity contribution in [2.45, 2.75) is 13.8 Å². The molecule has 0 atom stereocenters. The number of aryl methyl sites for hydroxylation is 2. The van der Waals surface area contributed by atoms with E-state index in [0.717, 1.165) is 33.4 Å². The molecule has 0 aliphatic heterocycles. The van der Waals surface area contributed by atoms with E-state index < -0.39 is 0 Å². The van der Waals surface area contributed by atoms with E-state index in [0.29, 0.717) is 10.5 Å². The van der Waals surface area contributed by atoms with Crippen molar-refractivity contribution in [3.8, 4) is 17.1 Å². The molecule has 0 saturated heterocycles. The summed E-state index contributed by atoms with van der Waals surface area (Å²) in [4.78, 5) is 0. The molecule has 20 heavy (non-hydrogen) atoms. The molecule has 0 saturated carbocycles. The molecule has 0 spiro atoms. The molecule has 3 aromatic rings. The van der Waals surface area contributed by atoms with Crippen molar-refractivity contribution >= 4 is 23.2 Å². The first-order valence-corrected chi connectivity index (χ1v) is 6.67. The second kappa shape index (κ2) is 4.80. The SMILES string of the molecule is COc1cc(C)cc(-c2cc3occ(C)c3c(=S)o2)c1. The Hall–Kier alpha value is -2.07. The quantitative estimate of drug-likeness (QED) is 0.618. The number of hydrogen-bond acceptors (Lipinski definition) is 4. The fraction of sp³-hybridized carbons (Fsp3) is 0.188. The lowest BCUT2D eigenvalue weighted by Gasteiger charge is -2.06. The van der Waals surface area contributed by atoms with Crippen LogP contribution in [0.5, 0.6) is 5.75 Å². The Balaban J connectivity index is 2.24. The molecular formula is C16H14O3S. The maximum atomic E-state index is 5.77. The van der Waals surface area contributed by atoms with Gasteiger partial charge in [0.2, 0.25) is 4.71 Å². The van der Waals surface area contributed by atoms with Gasteiger partial charge in [-0.05, 0) is 55.4 Å². The molecule has 0 radical (unpaired) electrons. The van der Waals surface area contributed by atoms with Gasteiger partial charge in [-0.25, -0.2) is 0 Å². The van der Waals surface area contributed by atoms with Crippen molar-refractivity contribution in [2.24, 2.45) is 0 Å². The van der Waals surface area contributed by atoms with Gasteiger partial charge in [-0.2, -0.15) is 0 Å². The van der Waals surface area contributed by atoms with Gasteiger partial charge in [0.15, 0.2) is 0 Å². The number of benzene rings is 1. The van der Waals surface area contributed by atoms with Crippen LogP contribution in [0.15, 0.2) is 39.4 Å². The molecule has 3 rings (SSSR count). The zero-order chi connectivity index (χ0) is 14.3. The summed E-state index contributed by atoms with van der Waals surface area (Å²) in [5.74, 6) is 1.47. The number of rotatable bonds is 2. The van der Waals surface area contributed by atoms with Gasteiger partial charge in [-0.1, -0.05) is 0 Å². The Kier molecular flexibility index (Phi) is 3.10. The average molecular weight is 286 g/mol. The second-order valence-corrected chi connectivity index (χ2v) is 5.17. The van der Waals surface area contributed by atoms with Crippen LogP contribution in [0.25, 0.3) is 22.3 Å². The van der Waals surface area contributed by atoms with Crippen LogP contribution in [0.4, 0.5) is 0 Å². The van der Waals surface area contributed by atoms with Gasteiger partial charge in [0.1, 0.15) is 17.1 Å². The largest absolute Gasteiger partial charge is 0.497 e. The highest BCUT2D eigenvalue weighted by Crippen LogP contribution is 2.31. The predicted molar refractivity (Wildman–Crippen MR) is 80.8 cm³/mol. The minimum absolute atomic E-state index is 0.448. The van der Waals surface area contributed by atoms with Gasteiger partial charge in [0, 0.05) is 11.6 Å². The summed E-state index contributed by atoms with van der Waals surface area (Å²) in [5.41, 5.74) is 3.75. The molecule has 0 amide bonds. The summed E-state index contributed by atoms with van der Waals surface area (Å²) < 4.78 is 17.0. The smallest absolute Gasteiger partial charge is 0.202 e. The lowest BCUT2D eigenvalue weighted by molar-refractivity contribution is 0.414. The molecule has 0 aliphatic carbocycles. The molecule has 0 bridgehead atoms. The number of hydrogen-bond donors (Lipinski definition) is 0. The van der Waals surface area contributed by atoms with Crippen molar-refractivity contribution in [3.05, 3.63) is 46.4 Å². The van der Waals surface area contributed by atoms with Crippen LogP contribution in [0.3, 0.4) is 0 Å². The summed E-state index contributed by atoms with van der Waals surface area (Å²) in [7, 11) is 1.65. The van der Waals surface area contributed by atoms with E-state index in [1.165, 1.54) is 0 Å². The molecule has 4 heteroatoms. The highest BCUT2D eigenvalue weighted by molar-refractivity contribution is 7.71. The van der Waals surface area contributed by atoms with Crippen LogP contribution in [-0.4, -0.2) is 7.11 Å². The zero-order valence-corrected chi connectivity index (χ0v) is 12.3. The van der Waals surface area contributed by atoms with E-state index in [9.17, 15) is 0 Å². The Bertz CT molecular complexity index is 843. The van der Waals surface area contributed by atoms with Crippen molar-refractivity contribution in [2.75, 3.05) is 7.11 Å². The number of ether oxygens (including phenoxy) is 1. The van der Waals surface area contributed by atoms with Crippen LogP contribution in [0.2, 0.25) is 0 Å². The number of furan rings is 1. The third-order valence-electron chi connectivity index (χ3n) is 3.24. The van der Waals surface area contributed by atoms with E-state index in [1.807, 2.05) is 38.1 Å². The molecule has 0 unspecified atom stereocenters. The summed E-state index contributed by atoms with van der Waals surface area (Å²) in [6.07, 6.45) is 1.69.